The quantitative estimate of drug-likeness (QED) is 0.813. The van der Waals surface area contributed by atoms with Gasteiger partial charge in [-0.3, -0.25) is 0 Å². The van der Waals surface area contributed by atoms with Crippen LogP contribution in [0.1, 0.15) is 37.2 Å². The zero-order valence-corrected chi connectivity index (χ0v) is 14.7. The molecule has 1 aliphatic rings. The molecule has 2 aromatic rings. The van der Waals surface area contributed by atoms with Crippen LogP contribution in [0.25, 0.3) is 0 Å². The van der Waals surface area contributed by atoms with E-state index in [0.717, 1.165) is 22.3 Å². The molecular weight excluding hydrogens is 320 g/mol. The molecule has 0 saturated carbocycles. The minimum absolute atomic E-state index is 0.0995. The molecule has 0 saturated heterocycles. The molecule has 132 valence electrons. The van der Waals surface area contributed by atoms with Crippen LogP contribution in [-0.2, 0) is 4.74 Å². The van der Waals surface area contributed by atoms with Gasteiger partial charge in [-0.25, -0.2) is 0 Å². The monoisotopic (exact) mass is 342 g/mol. The first-order chi connectivity index (χ1) is 12.0. The fourth-order valence-electron chi connectivity index (χ4n) is 3.13. The zero-order valence-electron chi connectivity index (χ0n) is 14.7. The third-order valence-electron chi connectivity index (χ3n) is 4.69. The van der Waals surface area contributed by atoms with Gasteiger partial charge in [0.25, 0.3) is 0 Å². The Kier molecular flexibility index (Phi) is 4.59. The molecule has 5 nitrogen and oxygen atoms in total. The second kappa shape index (κ2) is 6.69. The van der Waals surface area contributed by atoms with Gasteiger partial charge >= 0.3 is 0 Å². The van der Waals surface area contributed by atoms with Crippen molar-refractivity contribution in [2.45, 2.75) is 26.1 Å². The lowest BCUT2D eigenvalue weighted by Gasteiger charge is -2.18. The molecule has 2 aromatic carbocycles. The van der Waals surface area contributed by atoms with Gasteiger partial charge in [0.2, 0.25) is 0 Å². The number of hydrogen-bond donors (Lipinski definition) is 2. The Hall–Kier alpha value is -2.66. The molecule has 0 radical (unpaired) electrons. The molecule has 25 heavy (non-hydrogen) atoms. The first kappa shape index (κ1) is 17.2. The number of methoxy groups -OCH3 is 2. The molecule has 0 spiro atoms. The average molecular weight is 342 g/mol. The highest BCUT2D eigenvalue weighted by atomic mass is 16.5. The molecule has 0 fully saturated rings. The molecule has 2 atom stereocenters. The van der Waals surface area contributed by atoms with Crippen LogP contribution < -0.4 is 9.47 Å². The van der Waals surface area contributed by atoms with Crippen LogP contribution in [-0.4, -0.2) is 24.4 Å². The maximum Gasteiger partial charge on any atom is 0.160 e. The van der Waals surface area contributed by atoms with Crippen molar-refractivity contribution >= 4 is 0 Å². The highest BCUT2D eigenvalue weighted by Crippen LogP contribution is 2.47. The summed E-state index contributed by atoms with van der Waals surface area (Å²) in [5.74, 6) is 1.03. The van der Waals surface area contributed by atoms with E-state index in [0.29, 0.717) is 11.5 Å². The van der Waals surface area contributed by atoms with E-state index in [1.807, 2.05) is 26.0 Å². The van der Waals surface area contributed by atoms with E-state index >= 15 is 0 Å². The Labute approximate surface area is 147 Å². The van der Waals surface area contributed by atoms with E-state index in [4.69, 9.17) is 14.2 Å². The number of rotatable bonds is 4. The first-order valence-corrected chi connectivity index (χ1v) is 8.02. The van der Waals surface area contributed by atoms with E-state index in [1.165, 1.54) is 14.2 Å². The van der Waals surface area contributed by atoms with E-state index in [1.54, 1.807) is 24.3 Å². The van der Waals surface area contributed by atoms with Crippen LogP contribution in [0, 0.1) is 0 Å². The Morgan fingerprint density at radius 1 is 0.760 bits per heavy atom. The van der Waals surface area contributed by atoms with Crippen molar-refractivity contribution in [2.75, 3.05) is 14.2 Å². The van der Waals surface area contributed by atoms with Gasteiger partial charge in [0.15, 0.2) is 23.0 Å². The van der Waals surface area contributed by atoms with Gasteiger partial charge in [0.1, 0.15) is 12.2 Å². The third kappa shape index (κ3) is 3.03. The Bertz CT molecular complexity index is 757. The summed E-state index contributed by atoms with van der Waals surface area (Å²) in [7, 11) is 3.04. The molecule has 1 heterocycles. The molecule has 5 heteroatoms. The topological polar surface area (TPSA) is 68.2 Å². The van der Waals surface area contributed by atoms with Gasteiger partial charge in [-0.15, -0.1) is 0 Å². The van der Waals surface area contributed by atoms with Crippen molar-refractivity contribution in [3.8, 4) is 23.0 Å². The van der Waals surface area contributed by atoms with Crippen LogP contribution in [0.4, 0.5) is 0 Å². The van der Waals surface area contributed by atoms with Crippen molar-refractivity contribution in [2.24, 2.45) is 0 Å². The number of phenolic OH excluding ortho intramolecular Hbond substituents is 2. The van der Waals surface area contributed by atoms with Gasteiger partial charge in [0.05, 0.1) is 14.2 Å². The summed E-state index contributed by atoms with van der Waals surface area (Å²) < 4.78 is 16.7. The van der Waals surface area contributed by atoms with Crippen LogP contribution in [0.3, 0.4) is 0 Å². The van der Waals surface area contributed by atoms with Crippen LogP contribution >= 0.6 is 0 Å². The smallest absolute Gasteiger partial charge is 0.160 e. The van der Waals surface area contributed by atoms with Gasteiger partial charge in [-0.1, -0.05) is 12.1 Å². The predicted octanol–water partition coefficient (Wildman–Crippen LogP) is 4.26. The van der Waals surface area contributed by atoms with Crippen molar-refractivity contribution in [3.05, 3.63) is 58.7 Å². The lowest BCUT2D eigenvalue weighted by atomic mass is 9.97. The minimum atomic E-state index is -0.223. The van der Waals surface area contributed by atoms with Gasteiger partial charge in [0, 0.05) is 0 Å². The lowest BCUT2D eigenvalue weighted by Crippen LogP contribution is -2.04. The van der Waals surface area contributed by atoms with E-state index in [9.17, 15) is 10.2 Å². The van der Waals surface area contributed by atoms with Crippen molar-refractivity contribution in [1.82, 2.24) is 0 Å². The number of phenols is 2. The first-order valence-electron chi connectivity index (χ1n) is 8.02. The molecule has 3 rings (SSSR count). The van der Waals surface area contributed by atoms with E-state index in [2.05, 4.69) is 0 Å². The minimum Gasteiger partial charge on any atom is -0.504 e. The summed E-state index contributed by atoms with van der Waals surface area (Å²) in [4.78, 5) is 0. The van der Waals surface area contributed by atoms with E-state index in [-0.39, 0.29) is 23.7 Å². The second-order valence-electron chi connectivity index (χ2n) is 6.12. The molecular formula is C20H22O5. The molecule has 0 amide bonds. The summed E-state index contributed by atoms with van der Waals surface area (Å²) in [6.07, 6.45) is -0.446. The average Bonchev–Trinajstić information content (AvgIpc) is 2.91. The van der Waals surface area contributed by atoms with Crippen LogP contribution in [0.5, 0.6) is 23.0 Å². The van der Waals surface area contributed by atoms with Gasteiger partial charge in [-0.05, 0) is 60.4 Å². The highest BCUT2D eigenvalue weighted by Gasteiger charge is 2.32. The lowest BCUT2D eigenvalue weighted by molar-refractivity contribution is 0.0515. The molecule has 0 unspecified atom stereocenters. The molecule has 1 aliphatic heterocycles. The highest BCUT2D eigenvalue weighted by molar-refractivity contribution is 5.48. The predicted molar refractivity (Wildman–Crippen MR) is 94.3 cm³/mol. The summed E-state index contributed by atoms with van der Waals surface area (Å²) in [5.41, 5.74) is 4.06. The van der Waals surface area contributed by atoms with Crippen LogP contribution in [0.2, 0.25) is 0 Å². The largest absolute Gasteiger partial charge is 0.504 e. The van der Waals surface area contributed by atoms with Crippen molar-refractivity contribution < 1.29 is 24.4 Å². The Morgan fingerprint density at radius 2 is 1.16 bits per heavy atom. The normalized spacial score (nSPS) is 20.0. The standard InChI is InChI=1S/C20H22O5/c1-11-12(2)20(14-6-8-16(22)18(10-14)24-4)25-19(11)13-5-7-15(21)17(9-13)23-3/h5-10,19-22H,1-4H3/t19-,20-/m1/s1. The maximum absolute atomic E-state index is 9.79. The zero-order chi connectivity index (χ0) is 18.1. The SMILES string of the molecule is COc1cc([C@@H]2O[C@@H](c3ccc(O)c(OC)c3)C(C)=C2C)ccc1O. The van der Waals surface area contributed by atoms with Gasteiger partial charge < -0.3 is 24.4 Å². The summed E-state index contributed by atoms with van der Waals surface area (Å²) in [6.45, 7) is 4.08. The Balaban J connectivity index is 1.95. The molecule has 0 aromatic heterocycles. The Morgan fingerprint density at radius 3 is 1.52 bits per heavy atom. The fourth-order valence-corrected chi connectivity index (χ4v) is 3.13. The summed E-state index contributed by atoms with van der Waals surface area (Å²) >= 11 is 0. The second-order valence-corrected chi connectivity index (χ2v) is 6.12. The maximum atomic E-state index is 9.79. The molecule has 0 aliphatic carbocycles. The van der Waals surface area contributed by atoms with Crippen molar-refractivity contribution in [3.63, 3.8) is 0 Å². The van der Waals surface area contributed by atoms with Crippen LogP contribution in [0.15, 0.2) is 47.5 Å². The number of aromatic hydroxyl groups is 2. The summed E-state index contributed by atoms with van der Waals surface area (Å²) in [5, 5.41) is 19.6. The van der Waals surface area contributed by atoms with Crippen molar-refractivity contribution in [1.29, 1.82) is 0 Å². The number of hydrogen-bond acceptors (Lipinski definition) is 5. The summed E-state index contributed by atoms with van der Waals surface area (Å²) in [6, 6.07) is 10.5. The number of ether oxygens (including phenoxy) is 3. The number of benzene rings is 2. The van der Waals surface area contributed by atoms with Gasteiger partial charge in [-0.2, -0.15) is 0 Å². The van der Waals surface area contributed by atoms with E-state index < -0.39 is 0 Å². The molecule has 2 N–H and O–H groups in total. The molecule has 0 bridgehead atoms. The third-order valence-corrected chi connectivity index (χ3v) is 4.69. The fraction of sp³-hybridized carbons (Fsp3) is 0.300.